The molecule has 8 heteroatoms. The van der Waals surface area contributed by atoms with Gasteiger partial charge in [-0.25, -0.2) is 0 Å². The van der Waals surface area contributed by atoms with Gasteiger partial charge in [-0.05, 0) is 38.5 Å². The van der Waals surface area contributed by atoms with Crippen LogP contribution in [-0.2, 0) is 4.74 Å². The number of hydrogen-bond acceptors (Lipinski definition) is 2. The maximum atomic E-state index is 13.3. The highest BCUT2D eigenvalue weighted by Gasteiger charge is 2.45. The van der Waals surface area contributed by atoms with Crippen molar-refractivity contribution in [2.45, 2.75) is 51.6 Å². The SMILES string of the molecule is CCNC(=NCC1CCCCC1C(F)(F)F)N1CCC2(CCOC2)C1.I. The van der Waals surface area contributed by atoms with E-state index in [-0.39, 0.29) is 48.3 Å². The van der Waals surface area contributed by atoms with Crippen LogP contribution < -0.4 is 5.32 Å². The highest BCUT2D eigenvalue weighted by Crippen LogP contribution is 2.42. The van der Waals surface area contributed by atoms with Gasteiger partial charge in [0.05, 0.1) is 12.5 Å². The van der Waals surface area contributed by atoms with Crippen molar-refractivity contribution in [2.24, 2.45) is 22.2 Å². The molecular formula is C18H31F3IN3O. The summed E-state index contributed by atoms with van der Waals surface area (Å²) < 4.78 is 45.4. The van der Waals surface area contributed by atoms with Gasteiger partial charge in [0, 0.05) is 38.2 Å². The van der Waals surface area contributed by atoms with Gasteiger partial charge in [0.2, 0.25) is 0 Å². The predicted molar refractivity (Wildman–Crippen MR) is 107 cm³/mol. The van der Waals surface area contributed by atoms with Gasteiger partial charge in [-0.2, -0.15) is 13.2 Å². The standard InChI is InChI=1S/C18H30F3N3O.HI/c1-2-22-16(24-9-7-17(12-24)8-10-25-13-17)23-11-14-5-3-4-6-15(14)18(19,20)21;/h14-15H,2-13H2,1H3,(H,22,23);1H. The first-order valence-electron chi connectivity index (χ1n) is 9.61. The molecule has 2 aliphatic heterocycles. The highest BCUT2D eigenvalue weighted by atomic mass is 127. The van der Waals surface area contributed by atoms with Crippen molar-refractivity contribution in [3.05, 3.63) is 0 Å². The van der Waals surface area contributed by atoms with Crippen LogP contribution in [0.3, 0.4) is 0 Å². The third kappa shape index (κ3) is 5.17. The summed E-state index contributed by atoms with van der Waals surface area (Å²) in [5.74, 6) is -0.799. The summed E-state index contributed by atoms with van der Waals surface area (Å²) in [5.41, 5.74) is 0.218. The minimum absolute atomic E-state index is 0. The summed E-state index contributed by atoms with van der Waals surface area (Å²) in [6, 6.07) is 0. The number of nitrogens with one attached hydrogen (secondary N) is 1. The van der Waals surface area contributed by atoms with Crippen LogP contribution in [0.15, 0.2) is 4.99 Å². The molecule has 3 unspecified atom stereocenters. The van der Waals surface area contributed by atoms with Crippen LogP contribution >= 0.6 is 24.0 Å². The fourth-order valence-electron chi connectivity index (χ4n) is 4.57. The number of halogens is 4. The van der Waals surface area contributed by atoms with E-state index in [0.717, 1.165) is 58.1 Å². The maximum Gasteiger partial charge on any atom is 0.392 e. The van der Waals surface area contributed by atoms with E-state index in [1.807, 2.05) is 6.92 Å². The lowest BCUT2D eigenvalue weighted by molar-refractivity contribution is -0.195. The molecule has 3 rings (SSSR count). The molecule has 0 aromatic carbocycles. The molecule has 1 N–H and O–H groups in total. The Balaban J connectivity index is 0.00000243. The molecule has 0 radical (unpaired) electrons. The van der Waals surface area contributed by atoms with Gasteiger partial charge < -0.3 is 15.0 Å². The van der Waals surface area contributed by atoms with Crippen LogP contribution in [-0.4, -0.2) is 56.4 Å². The summed E-state index contributed by atoms with van der Waals surface area (Å²) in [5, 5.41) is 3.28. The summed E-state index contributed by atoms with van der Waals surface area (Å²) >= 11 is 0. The zero-order valence-electron chi connectivity index (χ0n) is 15.5. The van der Waals surface area contributed by atoms with Crippen LogP contribution in [0.4, 0.5) is 13.2 Å². The van der Waals surface area contributed by atoms with Crippen LogP contribution in [0.2, 0.25) is 0 Å². The average molecular weight is 489 g/mol. The monoisotopic (exact) mass is 489 g/mol. The van der Waals surface area contributed by atoms with Gasteiger partial charge in [-0.1, -0.05) is 12.8 Å². The smallest absolute Gasteiger partial charge is 0.381 e. The van der Waals surface area contributed by atoms with E-state index in [4.69, 9.17) is 4.74 Å². The molecule has 4 nitrogen and oxygen atoms in total. The first-order chi connectivity index (χ1) is 11.9. The van der Waals surface area contributed by atoms with E-state index in [1.54, 1.807) is 0 Å². The van der Waals surface area contributed by atoms with Crippen LogP contribution in [0, 0.1) is 17.3 Å². The van der Waals surface area contributed by atoms with Crippen molar-refractivity contribution in [3.63, 3.8) is 0 Å². The average Bonchev–Trinajstić information content (AvgIpc) is 3.21. The van der Waals surface area contributed by atoms with Gasteiger partial charge in [0.15, 0.2) is 5.96 Å². The largest absolute Gasteiger partial charge is 0.392 e. The molecule has 3 atom stereocenters. The molecule has 0 aromatic heterocycles. The Bertz CT molecular complexity index is 481. The molecule has 3 fully saturated rings. The summed E-state index contributed by atoms with van der Waals surface area (Å²) in [6.07, 6.45) is 0.493. The first-order valence-corrected chi connectivity index (χ1v) is 9.61. The van der Waals surface area contributed by atoms with Crippen LogP contribution in [0.25, 0.3) is 0 Å². The van der Waals surface area contributed by atoms with Crippen molar-refractivity contribution >= 4 is 29.9 Å². The quantitative estimate of drug-likeness (QED) is 0.369. The minimum atomic E-state index is -4.10. The highest BCUT2D eigenvalue weighted by molar-refractivity contribution is 14.0. The molecule has 3 aliphatic rings. The van der Waals surface area contributed by atoms with Gasteiger partial charge in [-0.3, -0.25) is 4.99 Å². The molecule has 1 saturated carbocycles. The molecule has 0 bridgehead atoms. The number of hydrogen-bond donors (Lipinski definition) is 1. The van der Waals surface area contributed by atoms with Crippen molar-refractivity contribution in [2.75, 3.05) is 39.4 Å². The Hall–Kier alpha value is -0.250. The third-order valence-electron chi connectivity index (χ3n) is 6.06. The second kappa shape index (κ2) is 9.30. The first kappa shape index (κ1) is 22.0. The number of alkyl halides is 3. The normalized spacial score (nSPS) is 32.8. The van der Waals surface area contributed by atoms with Gasteiger partial charge in [0.25, 0.3) is 0 Å². The second-order valence-corrected chi connectivity index (χ2v) is 7.86. The number of rotatable bonds is 3. The topological polar surface area (TPSA) is 36.9 Å². The summed E-state index contributed by atoms with van der Waals surface area (Å²) in [4.78, 5) is 6.84. The van der Waals surface area contributed by atoms with Crippen molar-refractivity contribution in [1.82, 2.24) is 10.2 Å². The van der Waals surface area contributed by atoms with Gasteiger partial charge >= 0.3 is 6.18 Å². The lowest BCUT2D eigenvalue weighted by atomic mass is 9.79. The molecule has 2 heterocycles. The number of likely N-dealkylation sites (tertiary alicyclic amines) is 1. The van der Waals surface area contributed by atoms with E-state index in [0.29, 0.717) is 12.8 Å². The maximum absolute atomic E-state index is 13.3. The van der Waals surface area contributed by atoms with Crippen LogP contribution in [0.5, 0.6) is 0 Å². The number of nitrogens with zero attached hydrogens (tertiary/aromatic N) is 2. The van der Waals surface area contributed by atoms with Gasteiger partial charge in [-0.15, -0.1) is 24.0 Å². The fourth-order valence-corrected chi connectivity index (χ4v) is 4.57. The van der Waals surface area contributed by atoms with E-state index >= 15 is 0 Å². The Labute approximate surface area is 171 Å². The number of aliphatic imine (C=N–C) groups is 1. The van der Waals surface area contributed by atoms with Crippen molar-refractivity contribution < 1.29 is 17.9 Å². The Kier molecular flexibility index (Phi) is 7.88. The molecule has 1 aliphatic carbocycles. The van der Waals surface area contributed by atoms with Crippen molar-refractivity contribution in [3.8, 4) is 0 Å². The summed E-state index contributed by atoms with van der Waals surface area (Å²) in [6.45, 7) is 6.41. The Morgan fingerprint density at radius 1 is 1.27 bits per heavy atom. The third-order valence-corrected chi connectivity index (χ3v) is 6.06. The Morgan fingerprint density at radius 2 is 2.04 bits per heavy atom. The predicted octanol–water partition coefficient (Wildman–Crippen LogP) is 4.05. The molecule has 2 saturated heterocycles. The lowest BCUT2D eigenvalue weighted by Crippen LogP contribution is -2.42. The zero-order valence-corrected chi connectivity index (χ0v) is 17.8. The molecule has 0 aromatic rings. The van der Waals surface area contributed by atoms with Crippen molar-refractivity contribution in [1.29, 1.82) is 0 Å². The number of guanidine groups is 1. The second-order valence-electron chi connectivity index (χ2n) is 7.86. The number of ether oxygens (including phenoxy) is 1. The summed E-state index contributed by atoms with van der Waals surface area (Å²) in [7, 11) is 0. The Morgan fingerprint density at radius 3 is 2.69 bits per heavy atom. The van der Waals surface area contributed by atoms with E-state index in [9.17, 15) is 13.2 Å². The molecule has 152 valence electrons. The molecule has 1 spiro atoms. The van der Waals surface area contributed by atoms with Crippen LogP contribution in [0.1, 0.15) is 45.4 Å². The van der Waals surface area contributed by atoms with E-state index in [2.05, 4.69) is 15.2 Å². The molecule has 0 amide bonds. The fraction of sp³-hybridized carbons (Fsp3) is 0.944. The zero-order chi connectivity index (χ0) is 17.9. The van der Waals surface area contributed by atoms with Gasteiger partial charge in [0.1, 0.15) is 0 Å². The lowest BCUT2D eigenvalue weighted by Gasteiger charge is -2.32. The van der Waals surface area contributed by atoms with E-state index < -0.39 is 12.1 Å². The minimum Gasteiger partial charge on any atom is -0.381 e. The molecule has 26 heavy (non-hydrogen) atoms. The molecular weight excluding hydrogens is 458 g/mol. The van der Waals surface area contributed by atoms with E-state index in [1.165, 1.54) is 0 Å².